The van der Waals surface area contributed by atoms with Gasteiger partial charge in [0.25, 0.3) is 0 Å². The SMILES string of the molecule is O=c1ccc2nc(-c3ccc(NC4CCNCC4)nn3)n(O)c(=O)c2[nH]1. The molecule has 1 aliphatic heterocycles. The van der Waals surface area contributed by atoms with Gasteiger partial charge in [0.15, 0.2) is 0 Å². The third kappa shape index (κ3) is 3.02. The average Bonchev–Trinajstić information content (AvgIpc) is 2.67. The fourth-order valence-corrected chi connectivity index (χ4v) is 2.96. The number of fused-ring (bicyclic) bond motifs is 1. The van der Waals surface area contributed by atoms with E-state index in [4.69, 9.17) is 0 Å². The molecule has 4 heterocycles. The van der Waals surface area contributed by atoms with Crippen molar-refractivity contribution in [3.63, 3.8) is 0 Å². The third-order valence-electron chi connectivity index (χ3n) is 4.31. The molecule has 1 fully saturated rings. The van der Waals surface area contributed by atoms with Crippen molar-refractivity contribution in [1.82, 2.24) is 30.2 Å². The summed E-state index contributed by atoms with van der Waals surface area (Å²) in [5, 5.41) is 24.9. The van der Waals surface area contributed by atoms with Crippen molar-refractivity contribution in [2.75, 3.05) is 18.4 Å². The van der Waals surface area contributed by atoms with E-state index in [1.54, 1.807) is 12.1 Å². The van der Waals surface area contributed by atoms with Crippen LogP contribution in [0.15, 0.2) is 33.9 Å². The molecular formula is C16H17N7O3. The van der Waals surface area contributed by atoms with Crippen LogP contribution in [0, 0.1) is 0 Å². The Kier molecular flexibility index (Phi) is 4.09. The lowest BCUT2D eigenvalue weighted by Crippen LogP contribution is -2.35. The lowest BCUT2D eigenvalue weighted by molar-refractivity contribution is 0.178. The predicted molar refractivity (Wildman–Crippen MR) is 94.3 cm³/mol. The largest absolute Gasteiger partial charge is 0.423 e. The minimum Gasteiger partial charge on any atom is -0.423 e. The summed E-state index contributed by atoms with van der Waals surface area (Å²) in [4.78, 5) is 30.2. The van der Waals surface area contributed by atoms with Crippen LogP contribution >= 0.6 is 0 Å². The zero-order valence-corrected chi connectivity index (χ0v) is 13.8. The Morgan fingerprint density at radius 3 is 2.65 bits per heavy atom. The van der Waals surface area contributed by atoms with Gasteiger partial charge in [-0.1, -0.05) is 0 Å². The molecular weight excluding hydrogens is 338 g/mol. The molecule has 26 heavy (non-hydrogen) atoms. The number of hydrogen-bond acceptors (Lipinski definition) is 8. The zero-order valence-electron chi connectivity index (χ0n) is 13.8. The normalized spacial score (nSPS) is 15.2. The van der Waals surface area contributed by atoms with Crippen LogP contribution in [-0.4, -0.2) is 49.2 Å². The Bertz CT molecular complexity index is 1050. The minimum atomic E-state index is -0.776. The van der Waals surface area contributed by atoms with Crippen LogP contribution < -0.4 is 21.8 Å². The first-order valence-corrected chi connectivity index (χ1v) is 8.28. The number of rotatable bonds is 3. The molecule has 0 atom stereocenters. The third-order valence-corrected chi connectivity index (χ3v) is 4.31. The van der Waals surface area contributed by atoms with Crippen LogP contribution in [0.25, 0.3) is 22.6 Å². The van der Waals surface area contributed by atoms with Gasteiger partial charge < -0.3 is 20.8 Å². The number of nitrogens with one attached hydrogen (secondary N) is 3. The molecule has 0 aliphatic carbocycles. The molecule has 0 unspecified atom stereocenters. The quantitative estimate of drug-likeness (QED) is 0.480. The molecule has 4 rings (SSSR count). The van der Waals surface area contributed by atoms with Crippen LogP contribution in [0.1, 0.15) is 12.8 Å². The van der Waals surface area contributed by atoms with Crippen LogP contribution in [0.2, 0.25) is 0 Å². The van der Waals surface area contributed by atoms with Crippen molar-refractivity contribution >= 4 is 16.9 Å². The van der Waals surface area contributed by atoms with E-state index in [0.29, 0.717) is 16.6 Å². The molecule has 10 nitrogen and oxygen atoms in total. The Balaban J connectivity index is 1.67. The second kappa shape index (κ2) is 6.56. The van der Waals surface area contributed by atoms with Crippen LogP contribution in [0.5, 0.6) is 0 Å². The second-order valence-corrected chi connectivity index (χ2v) is 6.11. The maximum Gasteiger partial charge on any atom is 0.310 e. The molecule has 0 radical (unpaired) electrons. The molecule has 134 valence electrons. The van der Waals surface area contributed by atoms with Crippen LogP contribution in [-0.2, 0) is 0 Å². The van der Waals surface area contributed by atoms with Gasteiger partial charge in [0, 0.05) is 12.1 Å². The Morgan fingerprint density at radius 1 is 1.12 bits per heavy atom. The zero-order chi connectivity index (χ0) is 18.1. The maximum atomic E-state index is 12.2. The van der Waals surface area contributed by atoms with Gasteiger partial charge in [-0.3, -0.25) is 9.59 Å². The van der Waals surface area contributed by atoms with Gasteiger partial charge in [-0.05, 0) is 44.1 Å². The average molecular weight is 355 g/mol. The van der Waals surface area contributed by atoms with Crippen molar-refractivity contribution in [1.29, 1.82) is 0 Å². The van der Waals surface area contributed by atoms with Crippen molar-refractivity contribution in [3.05, 3.63) is 45.0 Å². The molecule has 1 saturated heterocycles. The highest BCUT2D eigenvalue weighted by atomic mass is 16.5. The Labute approximate surface area is 146 Å². The van der Waals surface area contributed by atoms with E-state index in [1.807, 2.05) is 0 Å². The smallest absolute Gasteiger partial charge is 0.310 e. The molecule has 0 bridgehead atoms. The molecule has 0 spiro atoms. The van der Waals surface area contributed by atoms with Crippen molar-refractivity contribution < 1.29 is 5.21 Å². The van der Waals surface area contributed by atoms with Gasteiger partial charge in [0.1, 0.15) is 17.0 Å². The standard InChI is InChI=1S/C16H17N7O3/c24-13-4-2-10-14(20-13)16(25)23(26)15(19-10)11-1-3-12(22-21-11)18-9-5-7-17-8-6-9/h1-4,9,17,26H,5-8H2,(H,18,22)(H,20,24). The lowest BCUT2D eigenvalue weighted by atomic mass is 10.1. The fourth-order valence-electron chi connectivity index (χ4n) is 2.96. The summed E-state index contributed by atoms with van der Waals surface area (Å²) in [5.74, 6) is 0.577. The summed E-state index contributed by atoms with van der Waals surface area (Å²) in [5.41, 5.74) is -0.790. The summed E-state index contributed by atoms with van der Waals surface area (Å²) in [6, 6.07) is 6.37. The number of nitrogens with zero attached hydrogens (tertiary/aromatic N) is 4. The summed E-state index contributed by atoms with van der Waals surface area (Å²) in [6.07, 6.45) is 2.01. The number of piperidine rings is 1. The van der Waals surface area contributed by atoms with Crippen molar-refractivity contribution in [3.8, 4) is 11.5 Å². The summed E-state index contributed by atoms with van der Waals surface area (Å²) >= 11 is 0. The molecule has 1 aliphatic rings. The van der Waals surface area contributed by atoms with Gasteiger partial charge in [-0.25, -0.2) is 4.98 Å². The highest BCUT2D eigenvalue weighted by molar-refractivity contribution is 5.74. The van der Waals surface area contributed by atoms with E-state index in [0.717, 1.165) is 25.9 Å². The monoisotopic (exact) mass is 355 g/mol. The first-order valence-electron chi connectivity index (χ1n) is 8.28. The summed E-state index contributed by atoms with van der Waals surface area (Å²) in [6.45, 7) is 1.92. The van der Waals surface area contributed by atoms with Crippen molar-refractivity contribution in [2.45, 2.75) is 18.9 Å². The minimum absolute atomic E-state index is 0.0459. The number of anilines is 1. The lowest BCUT2D eigenvalue weighted by Gasteiger charge is -2.23. The predicted octanol–water partition coefficient (Wildman–Crippen LogP) is -0.0570. The van der Waals surface area contributed by atoms with Gasteiger partial charge in [0.2, 0.25) is 11.4 Å². The van der Waals surface area contributed by atoms with Crippen molar-refractivity contribution in [2.24, 2.45) is 0 Å². The van der Waals surface area contributed by atoms with Gasteiger partial charge in [0.05, 0.1) is 5.52 Å². The molecule has 0 amide bonds. The second-order valence-electron chi connectivity index (χ2n) is 6.11. The first kappa shape index (κ1) is 16.2. The molecule has 10 heteroatoms. The number of aromatic amines is 1. The summed E-state index contributed by atoms with van der Waals surface area (Å²) in [7, 11) is 0. The van der Waals surface area contributed by atoms with E-state index in [2.05, 4.69) is 30.8 Å². The maximum absolute atomic E-state index is 12.2. The van der Waals surface area contributed by atoms with Crippen LogP contribution in [0.4, 0.5) is 5.82 Å². The van der Waals surface area contributed by atoms with E-state index in [-0.39, 0.29) is 22.6 Å². The molecule has 4 N–H and O–H groups in total. The van der Waals surface area contributed by atoms with E-state index in [9.17, 15) is 14.8 Å². The van der Waals surface area contributed by atoms with Crippen LogP contribution in [0.3, 0.4) is 0 Å². The van der Waals surface area contributed by atoms with E-state index in [1.165, 1.54) is 12.1 Å². The molecule has 3 aromatic rings. The van der Waals surface area contributed by atoms with Gasteiger partial charge >= 0.3 is 5.56 Å². The number of H-pyrrole nitrogens is 1. The van der Waals surface area contributed by atoms with Gasteiger partial charge in [-0.2, -0.15) is 0 Å². The number of pyridine rings is 1. The molecule has 0 saturated carbocycles. The highest BCUT2D eigenvalue weighted by Gasteiger charge is 2.16. The van der Waals surface area contributed by atoms with E-state index >= 15 is 0 Å². The number of hydrogen-bond donors (Lipinski definition) is 4. The first-order chi connectivity index (χ1) is 12.6. The topological polar surface area (TPSA) is 138 Å². The Morgan fingerprint density at radius 2 is 1.92 bits per heavy atom. The Hall–Kier alpha value is -3.27. The highest BCUT2D eigenvalue weighted by Crippen LogP contribution is 2.16. The fraction of sp³-hybridized carbons (Fsp3) is 0.312. The van der Waals surface area contributed by atoms with Gasteiger partial charge in [-0.15, -0.1) is 14.9 Å². The molecule has 3 aromatic heterocycles. The van der Waals surface area contributed by atoms with E-state index < -0.39 is 11.1 Å². The molecule has 0 aromatic carbocycles. The number of aromatic nitrogens is 5. The summed E-state index contributed by atoms with van der Waals surface area (Å²) < 4.78 is 0.363.